The van der Waals surface area contributed by atoms with Gasteiger partial charge in [0.2, 0.25) is 0 Å². The average Bonchev–Trinajstić information content (AvgIpc) is 2.59. The zero-order chi connectivity index (χ0) is 17.4. The Balaban J connectivity index is 1.63. The molecule has 3 N–H and O–H groups in total. The minimum atomic E-state index is -0.219. The van der Waals surface area contributed by atoms with Crippen molar-refractivity contribution in [2.45, 2.75) is 25.8 Å². The minimum absolute atomic E-state index is 0.147. The Labute approximate surface area is 147 Å². The van der Waals surface area contributed by atoms with E-state index in [2.05, 4.69) is 10.6 Å². The zero-order valence-electron chi connectivity index (χ0n) is 14.0. The molecule has 1 aliphatic heterocycles. The molecule has 132 valence electrons. The topological polar surface area (TPSA) is 75.2 Å². The van der Waals surface area contributed by atoms with Crippen LogP contribution in [0, 0.1) is 0 Å². The van der Waals surface area contributed by atoms with Gasteiger partial charge in [0, 0.05) is 25.9 Å². The third kappa shape index (κ3) is 5.39. The van der Waals surface area contributed by atoms with Crippen molar-refractivity contribution in [3.8, 4) is 0 Å². The van der Waals surface area contributed by atoms with Crippen LogP contribution in [-0.2, 0) is 4.74 Å². The summed E-state index contributed by atoms with van der Waals surface area (Å²) in [6.07, 6.45) is 1.66. The van der Waals surface area contributed by atoms with Gasteiger partial charge in [-0.1, -0.05) is 23.7 Å². The number of carbonyl (C=O) groups is 2. The number of halogens is 1. The summed E-state index contributed by atoms with van der Waals surface area (Å²) < 4.78 is 5.01. The molecule has 1 aromatic rings. The Kier molecular flexibility index (Phi) is 7.34. The number of ether oxygens (including phenoxy) is 1. The van der Waals surface area contributed by atoms with Gasteiger partial charge in [0.25, 0.3) is 5.91 Å². The second kappa shape index (κ2) is 9.49. The maximum Gasteiger partial charge on any atom is 0.409 e. The Morgan fingerprint density at radius 2 is 2.04 bits per heavy atom. The Hall–Kier alpha value is -1.79. The molecule has 1 aromatic carbocycles. The van der Waals surface area contributed by atoms with Gasteiger partial charge in [0.15, 0.2) is 0 Å². The van der Waals surface area contributed by atoms with Crippen LogP contribution in [0.3, 0.4) is 0 Å². The highest BCUT2D eigenvalue weighted by Gasteiger charge is 2.25. The molecule has 0 atom stereocenters. The summed E-state index contributed by atoms with van der Waals surface area (Å²) in [7, 11) is 0. The molecule has 6 nitrogen and oxygen atoms in total. The summed E-state index contributed by atoms with van der Waals surface area (Å²) in [5.74, 6) is -0.147. The lowest BCUT2D eigenvalue weighted by Crippen LogP contribution is -2.92. The lowest BCUT2D eigenvalue weighted by atomic mass is 10.1. The molecule has 1 aliphatic rings. The second-order valence-corrected chi connectivity index (χ2v) is 6.19. The van der Waals surface area contributed by atoms with Crippen LogP contribution >= 0.6 is 11.6 Å². The molecule has 0 saturated carbocycles. The predicted octanol–water partition coefficient (Wildman–Crippen LogP) is 1.25. The molecule has 24 heavy (non-hydrogen) atoms. The normalized spacial score (nSPS) is 15.2. The molecule has 0 aliphatic carbocycles. The van der Waals surface area contributed by atoms with Crippen molar-refractivity contribution < 1.29 is 19.6 Å². The SMILES string of the molecule is CCOC(=O)N1CCC([NH2+]CCNC(=O)c2ccccc2Cl)CC1. The fourth-order valence-electron chi connectivity index (χ4n) is 2.78. The van der Waals surface area contributed by atoms with Crippen LogP contribution in [0.25, 0.3) is 0 Å². The van der Waals surface area contributed by atoms with Gasteiger partial charge in [0.05, 0.1) is 36.3 Å². The molecule has 0 radical (unpaired) electrons. The second-order valence-electron chi connectivity index (χ2n) is 5.78. The van der Waals surface area contributed by atoms with Gasteiger partial charge in [-0.3, -0.25) is 4.79 Å². The largest absolute Gasteiger partial charge is 0.450 e. The van der Waals surface area contributed by atoms with Gasteiger partial charge in [0.1, 0.15) is 0 Å². The minimum Gasteiger partial charge on any atom is -0.450 e. The van der Waals surface area contributed by atoms with Gasteiger partial charge in [-0.25, -0.2) is 4.79 Å². The number of benzene rings is 1. The van der Waals surface area contributed by atoms with E-state index in [1.807, 2.05) is 6.92 Å². The number of rotatable bonds is 6. The first-order chi connectivity index (χ1) is 11.6. The highest BCUT2D eigenvalue weighted by Crippen LogP contribution is 2.14. The van der Waals surface area contributed by atoms with E-state index < -0.39 is 0 Å². The van der Waals surface area contributed by atoms with Crippen molar-refractivity contribution >= 4 is 23.6 Å². The molecular formula is C17H25ClN3O3+. The van der Waals surface area contributed by atoms with Crippen LogP contribution in [0.1, 0.15) is 30.1 Å². The molecule has 0 aromatic heterocycles. The van der Waals surface area contributed by atoms with Crippen molar-refractivity contribution in [1.82, 2.24) is 10.2 Å². The lowest BCUT2D eigenvalue weighted by Gasteiger charge is -2.29. The third-order valence-corrected chi connectivity index (χ3v) is 4.44. The van der Waals surface area contributed by atoms with Crippen molar-refractivity contribution in [1.29, 1.82) is 0 Å². The van der Waals surface area contributed by atoms with E-state index in [0.29, 0.717) is 29.8 Å². The Morgan fingerprint density at radius 3 is 2.71 bits per heavy atom. The van der Waals surface area contributed by atoms with E-state index in [9.17, 15) is 9.59 Å². The first-order valence-corrected chi connectivity index (χ1v) is 8.77. The zero-order valence-corrected chi connectivity index (χ0v) is 14.7. The van der Waals surface area contributed by atoms with Gasteiger partial charge in [-0.15, -0.1) is 0 Å². The first-order valence-electron chi connectivity index (χ1n) is 8.39. The summed E-state index contributed by atoms with van der Waals surface area (Å²) in [6, 6.07) is 7.50. The molecule has 1 heterocycles. The quantitative estimate of drug-likeness (QED) is 0.755. The fourth-order valence-corrected chi connectivity index (χ4v) is 3.00. The van der Waals surface area contributed by atoms with Crippen molar-refractivity contribution in [2.75, 3.05) is 32.8 Å². The number of hydrogen-bond donors (Lipinski definition) is 2. The summed E-state index contributed by atoms with van der Waals surface area (Å²) >= 11 is 6.00. The Bertz CT molecular complexity index is 560. The van der Waals surface area contributed by atoms with Crippen molar-refractivity contribution in [3.05, 3.63) is 34.9 Å². The number of carbonyl (C=O) groups excluding carboxylic acids is 2. The Morgan fingerprint density at radius 1 is 1.33 bits per heavy atom. The molecular weight excluding hydrogens is 330 g/mol. The van der Waals surface area contributed by atoms with Crippen molar-refractivity contribution in [3.63, 3.8) is 0 Å². The van der Waals surface area contributed by atoms with Crippen LogP contribution in [0.15, 0.2) is 24.3 Å². The predicted molar refractivity (Wildman–Crippen MR) is 92.2 cm³/mol. The van der Waals surface area contributed by atoms with Crippen LogP contribution < -0.4 is 10.6 Å². The number of nitrogens with one attached hydrogen (secondary N) is 1. The summed E-state index contributed by atoms with van der Waals surface area (Å²) in [6.45, 7) is 5.08. The molecule has 7 heteroatoms. The molecule has 0 bridgehead atoms. The smallest absolute Gasteiger partial charge is 0.409 e. The van der Waals surface area contributed by atoms with Crippen LogP contribution in [-0.4, -0.2) is 55.7 Å². The van der Waals surface area contributed by atoms with Gasteiger partial charge >= 0.3 is 6.09 Å². The summed E-state index contributed by atoms with van der Waals surface area (Å²) in [5.41, 5.74) is 0.502. The summed E-state index contributed by atoms with van der Waals surface area (Å²) in [5, 5.41) is 5.58. The van der Waals surface area contributed by atoms with E-state index in [4.69, 9.17) is 16.3 Å². The van der Waals surface area contributed by atoms with Gasteiger partial charge in [-0.2, -0.15) is 0 Å². The average molecular weight is 355 g/mol. The molecule has 0 spiro atoms. The van der Waals surface area contributed by atoms with Gasteiger partial charge < -0.3 is 20.3 Å². The van der Waals surface area contributed by atoms with E-state index in [1.54, 1.807) is 29.2 Å². The molecule has 1 fully saturated rings. The van der Waals surface area contributed by atoms with E-state index in [1.165, 1.54) is 0 Å². The van der Waals surface area contributed by atoms with Crippen LogP contribution in [0.4, 0.5) is 4.79 Å². The highest BCUT2D eigenvalue weighted by molar-refractivity contribution is 6.33. The van der Waals surface area contributed by atoms with E-state index in [0.717, 1.165) is 32.5 Å². The molecule has 0 unspecified atom stereocenters. The van der Waals surface area contributed by atoms with Crippen LogP contribution in [0.2, 0.25) is 5.02 Å². The number of hydrogen-bond acceptors (Lipinski definition) is 3. The maximum absolute atomic E-state index is 12.0. The lowest BCUT2D eigenvalue weighted by molar-refractivity contribution is -0.690. The van der Waals surface area contributed by atoms with Gasteiger partial charge in [-0.05, 0) is 19.1 Å². The van der Waals surface area contributed by atoms with Crippen molar-refractivity contribution in [2.24, 2.45) is 0 Å². The maximum atomic E-state index is 12.0. The number of quaternary nitrogens is 1. The third-order valence-electron chi connectivity index (χ3n) is 4.11. The number of amides is 2. The molecule has 1 saturated heterocycles. The molecule has 2 rings (SSSR count). The number of likely N-dealkylation sites (tertiary alicyclic amines) is 1. The molecule has 2 amide bonds. The number of piperidine rings is 1. The van der Waals surface area contributed by atoms with E-state index in [-0.39, 0.29) is 12.0 Å². The number of nitrogens with zero attached hydrogens (tertiary/aromatic N) is 1. The van der Waals surface area contributed by atoms with E-state index >= 15 is 0 Å². The first kappa shape index (κ1) is 18.5. The number of nitrogens with two attached hydrogens (primary N) is 1. The van der Waals surface area contributed by atoms with Crippen LogP contribution in [0.5, 0.6) is 0 Å². The monoisotopic (exact) mass is 354 g/mol. The fraction of sp³-hybridized carbons (Fsp3) is 0.529. The standard InChI is InChI=1S/C17H24ClN3O3/c1-2-24-17(23)21-11-7-13(8-12-21)19-9-10-20-16(22)14-5-3-4-6-15(14)18/h3-6,13,19H,2,7-12H2,1H3,(H,20,22)/p+1. The summed E-state index contributed by atoms with van der Waals surface area (Å²) in [4.78, 5) is 25.4. The highest BCUT2D eigenvalue weighted by atomic mass is 35.5.